The van der Waals surface area contributed by atoms with Gasteiger partial charge in [-0.05, 0) is 86.9 Å². The molecule has 0 fully saturated rings. The molecular weight excluding hydrogens is 592 g/mol. The molecule has 2 rings (SSSR count). The van der Waals surface area contributed by atoms with E-state index in [4.69, 9.17) is 22.9 Å². The number of guanidine groups is 1. The lowest BCUT2D eigenvalue weighted by Crippen LogP contribution is -2.58. The van der Waals surface area contributed by atoms with Gasteiger partial charge in [0.1, 0.15) is 23.9 Å². The van der Waals surface area contributed by atoms with Crippen molar-refractivity contribution >= 4 is 29.7 Å². The minimum absolute atomic E-state index is 0.000960. The smallest absolute Gasteiger partial charge is 0.326 e. The van der Waals surface area contributed by atoms with Gasteiger partial charge in [-0.2, -0.15) is 0 Å². The number of carboxylic acids is 1. The number of phenolic OH excluding ortho intramolecular Hbond substituents is 1. The van der Waals surface area contributed by atoms with Crippen LogP contribution in [0.3, 0.4) is 0 Å². The molecular formula is C32H48N8O6. The number of rotatable bonds is 19. The summed E-state index contributed by atoms with van der Waals surface area (Å²) in [4.78, 5) is 56.4. The molecule has 0 aliphatic carbocycles. The summed E-state index contributed by atoms with van der Waals surface area (Å²) in [7, 11) is 0. The molecule has 0 unspecified atom stereocenters. The Labute approximate surface area is 269 Å². The Bertz CT molecular complexity index is 1330. The fourth-order valence-electron chi connectivity index (χ4n) is 4.99. The van der Waals surface area contributed by atoms with Crippen LogP contribution in [-0.4, -0.2) is 77.1 Å². The zero-order valence-electron chi connectivity index (χ0n) is 26.5. The second-order valence-electron chi connectivity index (χ2n) is 11.3. The summed E-state index contributed by atoms with van der Waals surface area (Å²) in [5, 5.41) is 27.8. The molecule has 2 aromatic rings. The minimum Gasteiger partial charge on any atom is -0.508 e. The van der Waals surface area contributed by atoms with Gasteiger partial charge in [0.05, 0.1) is 6.04 Å². The molecule has 0 bridgehead atoms. The number of nitrogens with zero attached hydrogens (tertiary/aromatic N) is 1. The SMILES string of the molecule is Cc1cc(O)cc(C)c1C[C@H](NC(=O)[C@H](Cc1ccccc1)NC(=O)[C@@H](N)CCCN=C(N)N)C(=O)N[C@@H](CCCCN)C(=O)O. The standard InChI is InChI=1S/C32H48N8O6/c1-19-15-22(41)16-20(2)23(19)18-27(30(44)38-25(31(45)46)12-6-7-13-33)40-29(43)26(17-21-9-4-3-5-10-21)39-28(42)24(34)11-8-14-37-32(35)36/h3-5,9-10,15-16,24-27,41H,6-8,11-14,17-18,33-34H2,1-2H3,(H,38,44)(H,39,42)(H,40,43)(H,45,46)(H4,35,36,37)/t24-,25-,26-,27-/m0/s1. The monoisotopic (exact) mass is 640 g/mol. The Morgan fingerprint density at radius 3 is 1.93 bits per heavy atom. The average Bonchev–Trinajstić information content (AvgIpc) is 2.99. The van der Waals surface area contributed by atoms with E-state index in [1.807, 2.05) is 6.07 Å². The van der Waals surface area contributed by atoms with Crippen LogP contribution in [0.1, 0.15) is 54.4 Å². The van der Waals surface area contributed by atoms with Gasteiger partial charge in [-0.3, -0.25) is 19.4 Å². The highest BCUT2D eigenvalue weighted by Crippen LogP contribution is 2.22. The highest BCUT2D eigenvalue weighted by Gasteiger charge is 2.31. The van der Waals surface area contributed by atoms with Crippen molar-refractivity contribution in [2.75, 3.05) is 13.1 Å². The van der Waals surface area contributed by atoms with Crippen molar-refractivity contribution < 1.29 is 29.4 Å². The zero-order valence-corrected chi connectivity index (χ0v) is 26.5. The quantitative estimate of drug-likeness (QED) is 0.0557. The number of amides is 3. The lowest BCUT2D eigenvalue weighted by atomic mass is 9.94. The maximum Gasteiger partial charge on any atom is 0.326 e. The molecule has 4 atom stereocenters. The van der Waals surface area contributed by atoms with Crippen LogP contribution in [0.15, 0.2) is 47.5 Å². The number of aromatic hydroxyl groups is 1. The molecule has 14 nitrogen and oxygen atoms in total. The number of carboxylic acid groups (broad SMARTS) is 1. The van der Waals surface area contributed by atoms with E-state index in [1.165, 1.54) is 0 Å². The molecule has 0 spiro atoms. The average molecular weight is 641 g/mol. The van der Waals surface area contributed by atoms with Gasteiger partial charge in [-0.15, -0.1) is 0 Å². The summed E-state index contributed by atoms with van der Waals surface area (Å²) in [6.07, 6.45) is 2.02. The predicted molar refractivity (Wildman–Crippen MR) is 176 cm³/mol. The van der Waals surface area contributed by atoms with Crippen LogP contribution in [0.5, 0.6) is 5.75 Å². The van der Waals surface area contributed by atoms with Crippen LogP contribution in [-0.2, 0) is 32.0 Å². The van der Waals surface area contributed by atoms with Crippen LogP contribution < -0.4 is 38.9 Å². The van der Waals surface area contributed by atoms with Crippen molar-refractivity contribution in [3.8, 4) is 5.75 Å². The molecule has 0 saturated heterocycles. The van der Waals surface area contributed by atoms with E-state index in [2.05, 4.69) is 20.9 Å². The van der Waals surface area contributed by atoms with Crippen molar-refractivity contribution in [3.05, 3.63) is 64.7 Å². The Kier molecular flexibility index (Phi) is 15.5. The highest BCUT2D eigenvalue weighted by atomic mass is 16.4. The third-order valence-electron chi connectivity index (χ3n) is 7.50. The van der Waals surface area contributed by atoms with Crippen molar-refractivity contribution in [1.82, 2.24) is 16.0 Å². The van der Waals surface area contributed by atoms with Crippen molar-refractivity contribution in [1.29, 1.82) is 0 Å². The molecule has 3 amide bonds. The number of aryl methyl sites for hydroxylation is 2. The fraction of sp³-hybridized carbons (Fsp3) is 0.469. The first-order valence-electron chi connectivity index (χ1n) is 15.3. The topological polar surface area (TPSA) is 261 Å². The minimum atomic E-state index is -1.21. The van der Waals surface area contributed by atoms with Gasteiger partial charge in [0.2, 0.25) is 17.7 Å². The summed E-state index contributed by atoms with van der Waals surface area (Å²) >= 11 is 0. The normalized spacial score (nSPS) is 13.5. The Morgan fingerprint density at radius 1 is 0.804 bits per heavy atom. The molecule has 0 aliphatic heterocycles. The molecule has 0 aromatic heterocycles. The Morgan fingerprint density at radius 2 is 1.37 bits per heavy atom. The Hall–Kier alpha value is -4.69. The number of carbonyl (C=O) groups is 4. The maximum atomic E-state index is 13.8. The molecule has 252 valence electrons. The van der Waals surface area contributed by atoms with E-state index in [1.54, 1.807) is 50.2 Å². The molecule has 14 heteroatoms. The van der Waals surface area contributed by atoms with Gasteiger partial charge in [-0.25, -0.2) is 4.79 Å². The first-order chi connectivity index (χ1) is 21.8. The summed E-state index contributed by atoms with van der Waals surface area (Å²) in [6, 6.07) is 7.61. The number of carbonyl (C=O) groups excluding carboxylic acids is 3. The number of nitrogens with two attached hydrogens (primary N) is 4. The summed E-state index contributed by atoms with van der Waals surface area (Å²) in [5.74, 6) is -3.17. The molecule has 0 aliphatic rings. The molecule has 0 saturated carbocycles. The van der Waals surface area contributed by atoms with E-state index in [-0.39, 0.29) is 43.9 Å². The Balaban J connectivity index is 2.35. The predicted octanol–water partition coefficient (Wildman–Crippen LogP) is -0.157. The highest BCUT2D eigenvalue weighted by molar-refractivity contribution is 5.94. The second kappa shape index (κ2) is 19.0. The lowest BCUT2D eigenvalue weighted by molar-refractivity contribution is -0.142. The fourth-order valence-corrected chi connectivity index (χ4v) is 4.99. The van der Waals surface area contributed by atoms with Gasteiger partial charge in [0.15, 0.2) is 5.96 Å². The van der Waals surface area contributed by atoms with Crippen molar-refractivity contribution in [2.24, 2.45) is 27.9 Å². The summed E-state index contributed by atoms with van der Waals surface area (Å²) < 4.78 is 0. The summed E-state index contributed by atoms with van der Waals surface area (Å²) in [5.41, 5.74) is 25.1. The van der Waals surface area contributed by atoms with Crippen LogP contribution in [0.2, 0.25) is 0 Å². The van der Waals surface area contributed by atoms with Gasteiger partial charge >= 0.3 is 5.97 Å². The van der Waals surface area contributed by atoms with Crippen molar-refractivity contribution in [2.45, 2.75) is 83.0 Å². The first kappa shape index (κ1) is 37.5. The van der Waals surface area contributed by atoms with Crippen LogP contribution in [0, 0.1) is 13.8 Å². The number of hydrogen-bond donors (Lipinski definition) is 9. The van der Waals surface area contributed by atoms with E-state index < -0.39 is 47.9 Å². The van der Waals surface area contributed by atoms with E-state index in [0.717, 1.165) is 5.56 Å². The van der Waals surface area contributed by atoms with Crippen LogP contribution in [0.4, 0.5) is 0 Å². The van der Waals surface area contributed by atoms with Crippen molar-refractivity contribution in [3.63, 3.8) is 0 Å². The van der Waals surface area contributed by atoms with Crippen LogP contribution >= 0.6 is 0 Å². The van der Waals surface area contributed by atoms with Gasteiger partial charge in [0, 0.05) is 19.4 Å². The molecule has 0 heterocycles. The van der Waals surface area contributed by atoms with E-state index in [0.29, 0.717) is 42.5 Å². The van der Waals surface area contributed by atoms with E-state index >= 15 is 0 Å². The first-order valence-corrected chi connectivity index (χ1v) is 15.3. The number of phenols is 1. The third kappa shape index (κ3) is 12.7. The van der Waals surface area contributed by atoms with Gasteiger partial charge in [-0.1, -0.05) is 30.3 Å². The van der Waals surface area contributed by atoms with Gasteiger partial charge < -0.3 is 49.1 Å². The molecule has 2 aromatic carbocycles. The second-order valence-corrected chi connectivity index (χ2v) is 11.3. The molecule has 46 heavy (non-hydrogen) atoms. The number of unbranched alkanes of at least 4 members (excludes halogenated alkanes) is 1. The lowest BCUT2D eigenvalue weighted by Gasteiger charge is -2.26. The number of benzene rings is 2. The zero-order chi connectivity index (χ0) is 34.2. The number of hydrogen-bond acceptors (Lipinski definition) is 8. The third-order valence-corrected chi connectivity index (χ3v) is 7.50. The number of aliphatic imine (C=N–C) groups is 1. The molecule has 0 radical (unpaired) electrons. The van der Waals surface area contributed by atoms with Gasteiger partial charge in [0.25, 0.3) is 0 Å². The molecule has 13 N–H and O–H groups in total. The number of nitrogens with one attached hydrogen (secondary N) is 3. The van der Waals surface area contributed by atoms with Crippen LogP contribution in [0.25, 0.3) is 0 Å². The number of aliphatic carboxylic acids is 1. The summed E-state index contributed by atoms with van der Waals surface area (Å²) in [6.45, 7) is 4.19. The van der Waals surface area contributed by atoms with E-state index in [9.17, 15) is 29.4 Å². The maximum absolute atomic E-state index is 13.8. The largest absolute Gasteiger partial charge is 0.508 e.